The predicted octanol–water partition coefficient (Wildman–Crippen LogP) is 2.20. The first-order valence-corrected chi connectivity index (χ1v) is 3.21. The minimum Gasteiger partial charge on any atom is -0.489 e. The third-order valence-corrected chi connectivity index (χ3v) is 1.52. The molecule has 0 aromatic heterocycles. The Bertz CT molecular complexity index is 263. The highest BCUT2D eigenvalue weighted by atomic mass is 16.5. The van der Waals surface area contributed by atoms with Crippen LogP contribution in [-0.4, -0.2) is 0 Å². The van der Waals surface area contributed by atoms with Crippen LogP contribution in [0.4, 0.5) is 0 Å². The zero-order valence-electron chi connectivity index (χ0n) is 5.45. The Morgan fingerprint density at radius 1 is 1.00 bits per heavy atom. The van der Waals surface area contributed by atoms with E-state index in [1.165, 1.54) is 5.56 Å². The molecule has 0 unspecified atom stereocenters. The first-order valence-electron chi connectivity index (χ1n) is 3.21. The number of hydrogen-bond donors (Lipinski definition) is 0. The highest BCUT2D eigenvalue weighted by Gasteiger charge is 2.02. The van der Waals surface area contributed by atoms with Crippen molar-refractivity contribution in [3.05, 3.63) is 48.3 Å². The van der Waals surface area contributed by atoms with Crippen LogP contribution in [0.5, 0.6) is 0 Å². The van der Waals surface area contributed by atoms with E-state index in [4.69, 9.17) is 4.74 Å². The van der Waals surface area contributed by atoms with E-state index in [-0.39, 0.29) is 0 Å². The monoisotopic (exact) mass is 131 g/mol. The smallest absolute Gasteiger partial charge is 0.164 e. The summed E-state index contributed by atoms with van der Waals surface area (Å²) in [6.45, 7) is 1.75. The fourth-order valence-electron chi connectivity index (χ4n) is 0.995. The molecule has 0 saturated carbocycles. The molecule has 0 bridgehead atoms. The molecule has 0 spiro atoms. The summed E-state index contributed by atoms with van der Waals surface area (Å²) in [4.78, 5) is 0. The molecule has 1 aliphatic rings. The zero-order valence-corrected chi connectivity index (χ0v) is 5.45. The molecule has 0 saturated heterocycles. The number of benzene rings is 1. The third-order valence-electron chi connectivity index (χ3n) is 1.52. The van der Waals surface area contributed by atoms with Crippen molar-refractivity contribution < 1.29 is 4.74 Å². The number of fused-ring (bicyclic) bond motifs is 1. The van der Waals surface area contributed by atoms with Crippen LogP contribution < -0.4 is 0 Å². The van der Waals surface area contributed by atoms with Crippen molar-refractivity contribution in [1.82, 2.24) is 0 Å². The number of hydrogen-bond acceptors (Lipinski definition) is 1. The molecule has 0 amide bonds. The minimum atomic E-state index is 1.14. The van der Waals surface area contributed by atoms with Crippen molar-refractivity contribution in [2.75, 3.05) is 0 Å². The highest BCUT2D eigenvalue weighted by Crippen LogP contribution is 2.17. The van der Waals surface area contributed by atoms with Crippen molar-refractivity contribution in [1.29, 1.82) is 0 Å². The molecule has 2 rings (SSSR count). The van der Waals surface area contributed by atoms with Crippen LogP contribution >= 0.6 is 0 Å². The molecule has 0 N–H and O–H groups in total. The van der Waals surface area contributed by atoms with Crippen molar-refractivity contribution in [3.63, 3.8) is 0 Å². The van der Waals surface area contributed by atoms with Crippen LogP contribution in [0, 0.1) is 6.61 Å². The van der Waals surface area contributed by atoms with Gasteiger partial charge in [0.15, 0.2) is 6.61 Å². The fraction of sp³-hybridized carbons (Fsp3) is 0. The van der Waals surface area contributed by atoms with Gasteiger partial charge in [-0.2, -0.15) is 0 Å². The normalized spacial score (nSPS) is 14.0. The maximum atomic E-state index is 4.99. The third kappa shape index (κ3) is 0.798. The van der Waals surface area contributed by atoms with E-state index >= 15 is 0 Å². The van der Waals surface area contributed by atoms with Crippen molar-refractivity contribution in [3.8, 4) is 0 Å². The lowest BCUT2D eigenvalue weighted by Gasteiger charge is -2.08. The van der Waals surface area contributed by atoms with E-state index in [0.717, 1.165) is 5.56 Å². The second-order valence-electron chi connectivity index (χ2n) is 2.19. The Morgan fingerprint density at radius 3 is 2.60 bits per heavy atom. The van der Waals surface area contributed by atoms with Gasteiger partial charge in [0.1, 0.15) is 0 Å². The van der Waals surface area contributed by atoms with Gasteiger partial charge in [-0.15, -0.1) is 0 Å². The molecule has 10 heavy (non-hydrogen) atoms. The van der Waals surface area contributed by atoms with E-state index in [0.29, 0.717) is 0 Å². The molecule has 0 aliphatic carbocycles. The zero-order chi connectivity index (χ0) is 6.81. The molecule has 0 fully saturated rings. The van der Waals surface area contributed by atoms with Crippen LogP contribution in [0.15, 0.2) is 30.5 Å². The Hall–Kier alpha value is -1.24. The van der Waals surface area contributed by atoms with Gasteiger partial charge in [0.05, 0.1) is 6.26 Å². The summed E-state index contributed by atoms with van der Waals surface area (Å²) in [5.41, 5.74) is 2.36. The second-order valence-corrected chi connectivity index (χ2v) is 2.19. The summed E-state index contributed by atoms with van der Waals surface area (Å²) in [7, 11) is 0. The van der Waals surface area contributed by atoms with Gasteiger partial charge in [0.25, 0.3) is 0 Å². The molecule has 0 atom stereocenters. The summed E-state index contributed by atoms with van der Waals surface area (Å²) in [5, 5.41) is 0. The quantitative estimate of drug-likeness (QED) is 0.524. The summed E-state index contributed by atoms with van der Waals surface area (Å²) in [6.07, 6.45) is 3.64. The molecular formula is C9H7O. The minimum absolute atomic E-state index is 1.14. The Kier molecular flexibility index (Phi) is 1.21. The second kappa shape index (κ2) is 2.18. The van der Waals surface area contributed by atoms with E-state index in [1.54, 1.807) is 12.9 Å². The highest BCUT2D eigenvalue weighted by molar-refractivity contribution is 5.56. The standard InChI is InChI=1S/C9H7O/c1-2-4-9-7-10-6-5-8(9)3-1/h1-7H. The van der Waals surface area contributed by atoms with Gasteiger partial charge in [-0.3, -0.25) is 0 Å². The van der Waals surface area contributed by atoms with Gasteiger partial charge >= 0.3 is 0 Å². The molecule has 1 aromatic carbocycles. The molecule has 1 aromatic rings. The van der Waals surface area contributed by atoms with Crippen molar-refractivity contribution in [2.24, 2.45) is 0 Å². The summed E-state index contributed by atoms with van der Waals surface area (Å²) >= 11 is 0. The molecule has 1 radical (unpaired) electrons. The predicted molar refractivity (Wildman–Crippen MR) is 40.0 cm³/mol. The van der Waals surface area contributed by atoms with Gasteiger partial charge in [0.2, 0.25) is 0 Å². The Balaban J connectivity index is 2.54. The molecule has 1 heterocycles. The molecular weight excluding hydrogens is 124 g/mol. The van der Waals surface area contributed by atoms with Crippen LogP contribution in [0.25, 0.3) is 6.08 Å². The summed E-state index contributed by atoms with van der Waals surface area (Å²) in [6, 6.07) is 8.10. The van der Waals surface area contributed by atoms with Gasteiger partial charge < -0.3 is 4.74 Å². The van der Waals surface area contributed by atoms with E-state index < -0.39 is 0 Å². The molecule has 1 nitrogen and oxygen atoms in total. The lowest BCUT2D eigenvalue weighted by atomic mass is 10.1. The van der Waals surface area contributed by atoms with E-state index in [2.05, 4.69) is 6.07 Å². The van der Waals surface area contributed by atoms with Gasteiger partial charge in [-0.05, 0) is 11.6 Å². The lowest BCUT2D eigenvalue weighted by molar-refractivity contribution is 0.352. The first-order chi connectivity index (χ1) is 4.97. The maximum absolute atomic E-state index is 4.99. The van der Waals surface area contributed by atoms with Crippen molar-refractivity contribution >= 4 is 6.08 Å². The largest absolute Gasteiger partial charge is 0.489 e. The molecule has 49 valence electrons. The fourth-order valence-corrected chi connectivity index (χ4v) is 0.995. The Labute approximate surface area is 59.9 Å². The van der Waals surface area contributed by atoms with Gasteiger partial charge in [0, 0.05) is 5.56 Å². The van der Waals surface area contributed by atoms with Gasteiger partial charge in [-0.25, -0.2) is 0 Å². The average molecular weight is 131 g/mol. The molecule has 1 heteroatoms. The average Bonchev–Trinajstić information content (AvgIpc) is 2.05. The summed E-state index contributed by atoms with van der Waals surface area (Å²) in [5.74, 6) is 0. The topological polar surface area (TPSA) is 9.23 Å². The SMILES string of the molecule is [CH]1OC=Cc2ccccc21. The number of ether oxygens (including phenoxy) is 1. The summed E-state index contributed by atoms with van der Waals surface area (Å²) < 4.78 is 4.99. The van der Waals surface area contributed by atoms with Gasteiger partial charge in [-0.1, -0.05) is 24.3 Å². The maximum Gasteiger partial charge on any atom is 0.164 e. The van der Waals surface area contributed by atoms with Crippen LogP contribution in [0.2, 0.25) is 0 Å². The Morgan fingerprint density at radius 2 is 1.80 bits per heavy atom. The van der Waals surface area contributed by atoms with E-state index in [1.807, 2.05) is 24.3 Å². The van der Waals surface area contributed by atoms with Crippen LogP contribution in [-0.2, 0) is 4.74 Å². The van der Waals surface area contributed by atoms with Crippen molar-refractivity contribution in [2.45, 2.75) is 0 Å². The lowest BCUT2D eigenvalue weighted by Crippen LogP contribution is -1.91. The van der Waals surface area contributed by atoms with Crippen LogP contribution in [0.1, 0.15) is 11.1 Å². The van der Waals surface area contributed by atoms with E-state index in [9.17, 15) is 0 Å². The first kappa shape index (κ1) is 5.54. The number of rotatable bonds is 0. The molecule has 1 aliphatic heterocycles. The van der Waals surface area contributed by atoms with Crippen LogP contribution in [0.3, 0.4) is 0 Å².